The van der Waals surface area contributed by atoms with Crippen LogP contribution in [0.4, 0.5) is 0 Å². The fourth-order valence-electron chi connectivity index (χ4n) is 2.37. The van der Waals surface area contributed by atoms with E-state index >= 15 is 0 Å². The first kappa shape index (κ1) is 12.6. The van der Waals surface area contributed by atoms with E-state index in [1.165, 1.54) is 12.8 Å². The molecular formula is C12H17N3O3. The smallest absolute Gasteiger partial charge is 0.326 e. The van der Waals surface area contributed by atoms with E-state index in [9.17, 15) is 9.59 Å². The van der Waals surface area contributed by atoms with E-state index in [4.69, 9.17) is 5.11 Å². The van der Waals surface area contributed by atoms with Crippen molar-refractivity contribution >= 4 is 12.4 Å². The molecule has 1 heterocycles. The second-order valence-corrected chi connectivity index (χ2v) is 4.60. The Balaban J connectivity index is 2.00. The fraction of sp³-hybridized carbons (Fsp3) is 0.583. The Hall–Kier alpha value is -1.85. The van der Waals surface area contributed by atoms with Gasteiger partial charge in [0.2, 0.25) is 6.41 Å². The molecule has 2 N–H and O–H groups in total. The van der Waals surface area contributed by atoms with Gasteiger partial charge in [-0.3, -0.25) is 9.48 Å². The molecule has 0 spiro atoms. The number of hydrogen-bond donors (Lipinski definition) is 2. The van der Waals surface area contributed by atoms with Crippen LogP contribution >= 0.6 is 0 Å². The van der Waals surface area contributed by atoms with Gasteiger partial charge in [0.25, 0.3) is 0 Å². The average molecular weight is 251 g/mol. The van der Waals surface area contributed by atoms with E-state index in [1.807, 2.05) is 16.9 Å². The van der Waals surface area contributed by atoms with Crippen LogP contribution in [0.25, 0.3) is 0 Å². The first-order valence-corrected chi connectivity index (χ1v) is 6.17. The minimum atomic E-state index is -1.04. The Bertz CT molecular complexity index is 424. The van der Waals surface area contributed by atoms with Crippen molar-refractivity contribution in [2.45, 2.75) is 44.2 Å². The highest BCUT2D eigenvalue weighted by molar-refractivity contribution is 5.76. The summed E-state index contributed by atoms with van der Waals surface area (Å²) in [7, 11) is 0. The molecule has 1 aliphatic carbocycles. The molecule has 18 heavy (non-hydrogen) atoms. The third kappa shape index (κ3) is 2.88. The number of carboxylic acid groups (broad SMARTS) is 1. The van der Waals surface area contributed by atoms with Crippen LogP contribution in [0.3, 0.4) is 0 Å². The zero-order chi connectivity index (χ0) is 13.0. The van der Waals surface area contributed by atoms with Crippen LogP contribution in [-0.2, 0) is 16.0 Å². The Morgan fingerprint density at radius 2 is 2.33 bits per heavy atom. The van der Waals surface area contributed by atoms with Crippen molar-refractivity contribution < 1.29 is 14.7 Å². The summed E-state index contributed by atoms with van der Waals surface area (Å²) in [5.41, 5.74) is 0.698. The standard InChI is InChI=1S/C12H17N3O3/c16-8-13-11(12(17)18)7-9-5-6-15(14-9)10-3-1-2-4-10/h5-6,8,10-11H,1-4,7H2,(H,13,16)(H,17,18). The average Bonchev–Trinajstić information content (AvgIpc) is 2.98. The first-order valence-electron chi connectivity index (χ1n) is 6.17. The maximum atomic E-state index is 10.9. The third-order valence-electron chi connectivity index (χ3n) is 3.34. The lowest BCUT2D eigenvalue weighted by Crippen LogP contribution is -2.37. The van der Waals surface area contributed by atoms with Gasteiger partial charge in [-0.25, -0.2) is 4.79 Å². The molecule has 0 aliphatic heterocycles. The Morgan fingerprint density at radius 1 is 1.61 bits per heavy atom. The zero-order valence-corrected chi connectivity index (χ0v) is 10.1. The number of hydrogen-bond acceptors (Lipinski definition) is 3. The van der Waals surface area contributed by atoms with E-state index in [0.717, 1.165) is 12.8 Å². The van der Waals surface area contributed by atoms with Crippen LogP contribution in [0, 0.1) is 0 Å². The molecular weight excluding hydrogens is 234 g/mol. The summed E-state index contributed by atoms with van der Waals surface area (Å²) in [6, 6.07) is 1.36. The van der Waals surface area contributed by atoms with Crippen molar-refractivity contribution in [3.63, 3.8) is 0 Å². The highest BCUT2D eigenvalue weighted by atomic mass is 16.4. The number of nitrogens with one attached hydrogen (secondary N) is 1. The Kier molecular flexibility index (Phi) is 3.96. The molecule has 2 rings (SSSR count). The molecule has 0 saturated heterocycles. The summed E-state index contributed by atoms with van der Waals surface area (Å²) in [6.07, 6.45) is 7.24. The van der Waals surface area contributed by atoms with Crippen LogP contribution in [0.15, 0.2) is 12.3 Å². The Labute approximate surface area is 105 Å². The van der Waals surface area contributed by atoms with Gasteiger partial charge in [-0.05, 0) is 18.9 Å². The lowest BCUT2D eigenvalue weighted by molar-refractivity contribution is -0.140. The predicted molar refractivity (Wildman–Crippen MR) is 64.1 cm³/mol. The molecule has 1 atom stereocenters. The van der Waals surface area contributed by atoms with Crippen LogP contribution < -0.4 is 5.32 Å². The van der Waals surface area contributed by atoms with Crippen molar-refractivity contribution in [2.75, 3.05) is 0 Å². The van der Waals surface area contributed by atoms with E-state index in [0.29, 0.717) is 18.1 Å². The first-order chi connectivity index (χ1) is 8.70. The van der Waals surface area contributed by atoms with Gasteiger partial charge >= 0.3 is 5.97 Å². The number of rotatable bonds is 6. The third-order valence-corrected chi connectivity index (χ3v) is 3.34. The van der Waals surface area contributed by atoms with Crippen LogP contribution in [-0.4, -0.2) is 33.3 Å². The van der Waals surface area contributed by atoms with Gasteiger partial charge in [0.05, 0.1) is 11.7 Å². The van der Waals surface area contributed by atoms with E-state index in [1.54, 1.807) is 0 Å². The van der Waals surface area contributed by atoms with Crippen LogP contribution in [0.1, 0.15) is 37.4 Å². The monoisotopic (exact) mass is 251 g/mol. The van der Waals surface area contributed by atoms with E-state index in [-0.39, 0.29) is 6.42 Å². The minimum absolute atomic E-state index is 0.216. The summed E-state index contributed by atoms with van der Waals surface area (Å²) in [5, 5.41) is 15.6. The van der Waals surface area contributed by atoms with E-state index < -0.39 is 12.0 Å². The molecule has 6 heteroatoms. The Morgan fingerprint density at radius 3 is 2.94 bits per heavy atom. The van der Waals surface area contributed by atoms with Crippen molar-refractivity contribution in [2.24, 2.45) is 0 Å². The number of carboxylic acids is 1. The maximum absolute atomic E-state index is 10.9. The van der Waals surface area contributed by atoms with Crippen molar-refractivity contribution in [1.29, 1.82) is 0 Å². The summed E-state index contributed by atoms with van der Waals surface area (Å²) >= 11 is 0. The number of amides is 1. The highest BCUT2D eigenvalue weighted by Gasteiger charge is 2.21. The molecule has 1 unspecified atom stereocenters. The lowest BCUT2D eigenvalue weighted by Gasteiger charge is -2.10. The fourth-order valence-corrected chi connectivity index (χ4v) is 2.37. The molecule has 1 aromatic rings. The molecule has 1 aromatic heterocycles. The van der Waals surface area contributed by atoms with Gasteiger partial charge in [0, 0.05) is 12.6 Å². The van der Waals surface area contributed by atoms with Crippen molar-refractivity contribution in [3.05, 3.63) is 18.0 Å². The molecule has 0 aromatic carbocycles. The normalized spacial score (nSPS) is 17.6. The lowest BCUT2D eigenvalue weighted by atomic mass is 10.1. The van der Waals surface area contributed by atoms with Crippen LogP contribution in [0.5, 0.6) is 0 Å². The summed E-state index contributed by atoms with van der Waals surface area (Å²) in [4.78, 5) is 21.2. The largest absolute Gasteiger partial charge is 0.480 e. The summed E-state index contributed by atoms with van der Waals surface area (Å²) in [6.45, 7) is 0. The number of carbonyl (C=O) groups excluding carboxylic acids is 1. The number of aromatic nitrogens is 2. The second-order valence-electron chi connectivity index (χ2n) is 4.60. The minimum Gasteiger partial charge on any atom is -0.480 e. The number of carbonyl (C=O) groups is 2. The van der Waals surface area contributed by atoms with Gasteiger partial charge in [-0.2, -0.15) is 5.10 Å². The highest BCUT2D eigenvalue weighted by Crippen LogP contribution is 2.28. The van der Waals surface area contributed by atoms with Gasteiger partial charge in [0.15, 0.2) is 0 Å². The SMILES string of the molecule is O=CNC(Cc1ccn(C2CCCC2)n1)C(=O)O. The second kappa shape index (κ2) is 5.66. The number of aliphatic carboxylic acids is 1. The van der Waals surface area contributed by atoms with Crippen LogP contribution in [0.2, 0.25) is 0 Å². The van der Waals surface area contributed by atoms with Crippen molar-refractivity contribution in [3.8, 4) is 0 Å². The van der Waals surface area contributed by atoms with Gasteiger partial charge in [0.1, 0.15) is 6.04 Å². The maximum Gasteiger partial charge on any atom is 0.326 e. The molecule has 0 radical (unpaired) electrons. The zero-order valence-electron chi connectivity index (χ0n) is 10.1. The molecule has 0 bridgehead atoms. The summed E-state index contributed by atoms with van der Waals surface area (Å²) in [5.74, 6) is -1.04. The molecule has 6 nitrogen and oxygen atoms in total. The van der Waals surface area contributed by atoms with Gasteiger partial charge in [-0.15, -0.1) is 0 Å². The van der Waals surface area contributed by atoms with Gasteiger partial charge in [-0.1, -0.05) is 12.8 Å². The van der Waals surface area contributed by atoms with Crippen molar-refractivity contribution in [1.82, 2.24) is 15.1 Å². The van der Waals surface area contributed by atoms with Gasteiger partial charge < -0.3 is 10.4 Å². The molecule has 98 valence electrons. The summed E-state index contributed by atoms with van der Waals surface area (Å²) < 4.78 is 1.92. The quantitative estimate of drug-likeness (QED) is 0.730. The predicted octanol–water partition coefficient (Wildman–Crippen LogP) is 0.740. The van der Waals surface area contributed by atoms with E-state index in [2.05, 4.69) is 10.4 Å². The molecule has 1 saturated carbocycles. The number of nitrogens with zero attached hydrogens (tertiary/aromatic N) is 2. The molecule has 1 aliphatic rings. The molecule has 1 fully saturated rings. The molecule has 1 amide bonds. The topological polar surface area (TPSA) is 84.2 Å².